The highest BCUT2D eigenvalue weighted by atomic mass is 16.6. The fourth-order valence-corrected chi connectivity index (χ4v) is 3.40. The van der Waals surface area contributed by atoms with E-state index in [1.807, 2.05) is 53.4 Å². The van der Waals surface area contributed by atoms with E-state index >= 15 is 0 Å². The van der Waals surface area contributed by atoms with Crippen LogP contribution in [0.25, 0.3) is 0 Å². The van der Waals surface area contributed by atoms with Crippen molar-refractivity contribution in [3.05, 3.63) is 48.5 Å². The molecule has 0 aromatic heterocycles. The smallest absolute Gasteiger partial charge is 0.267 e. The Balaban J connectivity index is 1.38. The molecule has 6 nitrogen and oxygen atoms in total. The largest absolute Gasteiger partial charge is 0.495 e. The Morgan fingerprint density at radius 3 is 2.46 bits per heavy atom. The number of fused-ring (bicyclic) bond motifs is 1. The normalized spacial score (nSPS) is 19.2. The van der Waals surface area contributed by atoms with Crippen molar-refractivity contribution in [2.75, 3.05) is 44.8 Å². The van der Waals surface area contributed by atoms with Crippen molar-refractivity contribution < 1.29 is 19.0 Å². The lowest BCUT2D eigenvalue weighted by atomic mass is 10.2. The zero-order valence-electron chi connectivity index (χ0n) is 14.8. The molecular weight excluding hydrogens is 332 g/mol. The molecule has 1 unspecified atom stereocenters. The van der Waals surface area contributed by atoms with Gasteiger partial charge in [-0.15, -0.1) is 0 Å². The molecule has 1 fully saturated rings. The molecule has 2 aromatic rings. The van der Waals surface area contributed by atoms with Gasteiger partial charge in [-0.3, -0.25) is 4.79 Å². The number of piperazine rings is 1. The lowest BCUT2D eigenvalue weighted by molar-refractivity contribution is -0.141. The Labute approximate surface area is 152 Å². The van der Waals surface area contributed by atoms with Crippen LogP contribution in [0.2, 0.25) is 0 Å². The first kappa shape index (κ1) is 16.6. The summed E-state index contributed by atoms with van der Waals surface area (Å²) in [6, 6.07) is 15.4. The van der Waals surface area contributed by atoms with Crippen molar-refractivity contribution in [2.24, 2.45) is 0 Å². The second-order valence-electron chi connectivity index (χ2n) is 6.35. The number of hydrogen-bond donors (Lipinski definition) is 0. The molecule has 26 heavy (non-hydrogen) atoms. The molecule has 2 aliphatic heterocycles. The van der Waals surface area contributed by atoms with Crippen molar-refractivity contribution in [3.8, 4) is 17.2 Å². The minimum atomic E-state index is -0.581. The van der Waals surface area contributed by atoms with Crippen LogP contribution >= 0.6 is 0 Å². The van der Waals surface area contributed by atoms with E-state index < -0.39 is 6.10 Å². The number of para-hydroxylation sites is 4. The number of ether oxygens (including phenoxy) is 3. The van der Waals surface area contributed by atoms with Crippen molar-refractivity contribution in [1.82, 2.24) is 4.90 Å². The molecule has 0 N–H and O–H groups in total. The number of amides is 1. The summed E-state index contributed by atoms with van der Waals surface area (Å²) >= 11 is 0. The summed E-state index contributed by atoms with van der Waals surface area (Å²) in [5.74, 6) is 2.16. The van der Waals surface area contributed by atoms with Gasteiger partial charge in [-0.05, 0) is 24.3 Å². The van der Waals surface area contributed by atoms with Crippen molar-refractivity contribution in [3.63, 3.8) is 0 Å². The van der Waals surface area contributed by atoms with Gasteiger partial charge in [0.2, 0.25) is 6.10 Å². The predicted molar refractivity (Wildman–Crippen MR) is 98.1 cm³/mol. The van der Waals surface area contributed by atoms with Crippen LogP contribution < -0.4 is 19.1 Å². The quantitative estimate of drug-likeness (QED) is 0.846. The van der Waals surface area contributed by atoms with Crippen LogP contribution in [0.4, 0.5) is 5.69 Å². The molecule has 1 saturated heterocycles. The third-order valence-corrected chi connectivity index (χ3v) is 4.80. The minimum Gasteiger partial charge on any atom is -0.495 e. The Morgan fingerprint density at radius 2 is 1.69 bits per heavy atom. The van der Waals surface area contributed by atoms with Gasteiger partial charge < -0.3 is 24.0 Å². The molecule has 0 spiro atoms. The van der Waals surface area contributed by atoms with Gasteiger partial charge in [0.1, 0.15) is 12.4 Å². The third kappa shape index (κ3) is 3.14. The first-order valence-corrected chi connectivity index (χ1v) is 8.81. The SMILES string of the molecule is COc1ccccc1N1CCN(C(=O)C2COc3ccccc3O2)CC1. The van der Waals surface area contributed by atoms with E-state index in [-0.39, 0.29) is 12.5 Å². The number of anilines is 1. The Hall–Kier alpha value is -2.89. The van der Waals surface area contributed by atoms with E-state index in [0.29, 0.717) is 24.6 Å². The molecule has 1 atom stereocenters. The number of methoxy groups -OCH3 is 1. The summed E-state index contributed by atoms with van der Waals surface area (Å²) in [5.41, 5.74) is 1.06. The summed E-state index contributed by atoms with van der Waals surface area (Å²) in [6.45, 7) is 3.08. The van der Waals surface area contributed by atoms with Crippen LogP contribution in [0, 0.1) is 0 Å². The summed E-state index contributed by atoms with van der Waals surface area (Å²) in [4.78, 5) is 16.9. The lowest BCUT2D eigenvalue weighted by Crippen LogP contribution is -2.54. The Morgan fingerprint density at radius 1 is 1.00 bits per heavy atom. The summed E-state index contributed by atoms with van der Waals surface area (Å²) in [5, 5.41) is 0. The van der Waals surface area contributed by atoms with Crippen LogP contribution in [0.15, 0.2) is 48.5 Å². The zero-order chi connectivity index (χ0) is 17.9. The number of nitrogens with zero attached hydrogens (tertiary/aromatic N) is 2. The van der Waals surface area contributed by atoms with E-state index in [1.54, 1.807) is 7.11 Å². The highest BCUT2D eigenvalue weighted by Gasteiger charge is 2.33. The maximum Gasteiger partial charge on any atom is 0.267 e. The van der Waals surface area contributed by atoms with E-state index in [0.717, 1.165) is 24.5 Å². The Bertz CT molecular complexity index is 787. The highest BCUT2D eigenvalue weighted by molar-refractivity contribution is 5.82. The van der Waals surface area contributed by atoms with Gasteiger partial charge in [0.15, 0.2) is 11.5 Å². The monoisotopic (exact) mass is 354 g/mol. The van der Waals surface area contributed by atoms with Crippen LogP contribution in [0.5, 0.6) is 17.2 Å². The molecule has 2 heterocycles. The van der Waals surface area contributed by atoms with Crippen molar-refractivity contribution in [1.29, 1.82) is 0 Å². The predicted octanol–water partition coefficient (Wildman–Crippen LogP) is 2.18. The summed E-state index contributed by atoms with van der Waals surface area (Å²) in [6.07, 6.45) is -0.581. The molecule has 2 aromatic carbocycles. The summed E-state index contributed by atoms with van der Waals surface area (Å²) in [7, 11) is 1.68. The summed E-state index contributed by atoms with van der Waals surface area (Å²) < 4.78 is 17.0. The van der Waals surface area contributed by atoms with Gasteiger partial charge in [-0.1, -0.05) is 24.3 Å². The fourth-order valence-electron chi connectivity index (χ4n) is 3.40. The Kier molecular flexibility index (Phi) is 4.56. The number of hydrogen-bond acceptors (Lipinski definition) is 5. The van der Waals surface area contributed by atoms with Crippen LogP contribution in [-0.4, -0.2) is 56.8 Å². The van der Waals surface area contributed by atoms with Crippen LogP contribution in [0.1, 0.15) is 0 Å². The highest BCUT2D eigenvalue weighted by Crippen LogP contribution is 2.32. The lowest BCUT2D eigenvalue weighted by Gasteiger charge is -2.38. The number of benzene rings is 2. The van der Waals surface area contributed by atoms with Crippen LogP contribution in [-0.2, 0) is 4.79 Å². The molecule has 0 bridgehead atoms. The van der Waals surface area contributed by atoms with Gasteiger partial charge in [-0.25, -0.2) is 0 Å². The number of carbonyl (C=O) groups is 1. The molecule has 0 saturated carbocycles. The second kappa shape index (κ2) is 7.15. The molecule has 0 radical (unpaired) electrons. The molecule has 2 aliphatic rings. The minimum absolute atomic E-state index is 0.0146. The van der Waals surface area contributed by atoms with E-state index in [4.69, 9.17) is 14.2 Å². The maximum atomic E-state index is 12.8. The molecule has 136 valence electrons. The average Bonchev–Trinajstić information content (AvgIpc) is 2.73. The van der Waals surface area contributed by atoms with E-state index in [1.165, 1.54) is 0 Å². The van der Waals surface area contributed by atoms with Crippen molar-refractivity contribution in [2.45, 2.75) is 6.10 Å². The maximum absolute atomic E-state index is 12.8. The zero-order valence-corrected chi connectivity index (χ0v) is 14.8. The van der Waals surface area contributed by atoms with Gasteiger partial charge in [0.05, 0.1) is 12.8 Å². The molecule has 0 aliphatic carbocycles. The second-order valence-corrected chi connectivity index (χ2v) is 6.35. The van der Waals surface area contributed by atoms with E-state index in [2.05, 4.69) is 4.90 Å². The third-order valence-electron chi connectivity index (χ3n) is 4.80. The van der Waals surface area contributed by atoms with Gasteiger partial charge in [-0.2, -0.15) is 0 Å². The fraction of sp³-hybridized carbons (Fsp3) is 0.350. The number of carbonyl (C=O) groups excluding carboxylic acids is 1. The molecule has 4 rings (SSSR count). The van der Waals surface area contributed by atoms with Gasteiger partial charge >= 0.3 is 0 Å². The molecule has 6 heteroatoms. The van der Waals surface area contributed by atoms with Crippen molar-refractivity contribution >= 4 is 11.6 Å². The topological polar surface area (TPSA) is 51.2 Å². The van der Waals surface area contributed by atoms with Gasteiger partial charge in [0, 0.05) is 26.2 Å². The van der Waals surface area contributed by atoms with Gasteiger partial charge in [0.25, 0.3) is 5.91 Å². The van der Waals surface area contributed by atoms with Crippen LogP contribution in [0.3, 0.4) is 0 Å². The molecule has 1 amide bonds. The standard InChI is InChI=1S/C20H22N2O4/c1-24-16-7-3-2-6-15(16)21-10-12-22(13-11-21)20(23)19-14-25-17-8-4-5-9-18(17)26-19/h2-9,19H,10-14H2,1H3. The first-order valence-electron chi connectivity index (χ1n) is 8.81. The average molecular weight is 354 g/mol. The van der Waals surface area contributed by atoms with E-state index in [9.17, 15) is 4.79 Å². The number of rotatable bonds is 3. The first-order chi connectivity index (χ1) is 12.8. The molecular formula is C20H22N2O4.